The normalized spacial score (nSPS) is 14.6. The van der Waals surface area contributed by atoms with Crippen molar-refractivity contribution in [3.8, 4) is 16.9 Å². The SMILES string of the molecule is COc1ccc(C2c3cc(NC(=O)OC(C)(C)C)ccc3-c3ccc(NC(=O)OC(C)(C)C)cc3N2C)cc1. The molecule has 0 bridgehead atoms. The predicted molar refractivity (Wildman–Crippen MR) is 155 cm³/mol. The first-order valence-corrected chi connectivity index (χ1v) is 12.9. The summed E-state index contributed by atoms with van der Waals surface area (Å²) in [6.07, 6.45) is -1.02. The summed E-state index contributed by atoms with van der Waals surface area (Å²) in [7, 11) is 3.66. The zero-order chi connectivity index (χ0) is 28.5. The number of carbonyl (C=O) groups excluding carboxylic acids is 2. The third-order valence-corrected chi connectivity index (χ3v) is 6.12. The highest BCUT2D eigenvalue weighted by atomic mass is 16.6. The fraction of sp³-hybridized carbons (Fsp3) is 0.355. The van der Waals surface area contributed by atoms with Gasteiger partial charge < -0.3 is 19.1 Å². The number of fused-ring (bicyclic) bond motifs is 3. The van der Waals surface area contributed by atoms with Gasteiger partial charge in [0.25, 0.3) is 0 Å². The van der Waals surface area contributed by atoms with Gasteiger partial charge in [-0.05, 0) is 94.6 Å². The van der Waals surface area contributed by atoms with Crippen molar-refractivity contribution in [2.45, 2.75) is 58.8 Å². The van der Waals surface area contributed by atoms with E-state index < -0.39 is 23.4 Å². The molecule has 2 amide bonds. The van der Waals surface area contributed by atoms with Crippen LogP contribution >= 0.6 is 0 Å². The minimum absolute atomic E-state index is 0.171. The minimum Gasteiger partial charge on any atom is -0.497 e. The van der Waals surface area contributed by atoms with Crippen LogP contribution in [-0.2, 0) is 9.47 Å². The van der Waals surface area contributed by atoms with Crippen molar-refractivity contribution in [2.75, 3.05) is 29.7 Å². The van der Waals surface area contributed by atoms with Crippen molar-refractivity contribution in [3.63, 3.8) is 0 Å². The van der Waals surface area contributed by atoms with Crippen LogP contribution in [-0.4, -0.2) is 37.5 Å². The lowest BCUT2D eigenvalue weighted by molar-refractivity contribution is 0.0624. The average Bonchev–Trinajstić information content (AvgIpc) is 2.82. The van der Waals surface area contributed by atoms with E-state index in [-0.39, 0.29) is 6.04 Å². The number of nitrogens with zero attached hydrogens (tertiary/aromatic N) is 1. The van der Waals surface area contributed by atoms with E-state index >= 15 is 0 Å². The van der Waals surface area contributed by atoms with Gasteiger partial charge in [-0.15, -0.1) is 0 Å². The number of amides is 2. The zero-order valence-corrected chi connectivity index (χ0v) is 23.8. The van der Waals surface area contributed by atoms with Crippen LogP contribution in [0.2, 0.25) is 0 Å². The Morgan fingerprint density at radius 2 is 1.26 bits per heavy atom. The second kappa shape index (κ2) is 10.5. The molecule has 1 unspecified atom stereocenters. The number of hydrogen-bond donors (Lipinski definition) is 2. The summed E-state index contributed by atoms with van der Waals surface area (Å²) in [6.45, 7) is 11.0. The summed E-state index contributed by atoms with van der Waals surface area (Å²) in [5, 5.41) is 5.71. The van der Waals surface area contributed by atoms with E-state index in [1.807, 2.05) is 109 Å². The molecule has 8 nitrogen and oxygen atoms in total. The van der Waals surface area contributed by atoms with Crippen LogP contribution in [0.1, 0.15) is 58.7 Å². The number of ether oxygens (including phenoxy) is 3. The molecule has 0 aromatic heterocycles. The third kappa shape index (κ3) is 6.63. The van der Waals surface area contributed by atoms with Crippen LogP contribution in [0.15, 0.2) is 60.7 Å². The van der Waals surface area contributed by atoms with E-state index in [1.165, 1.54) is 0 Å². The maximum atomic E-state index is 12.5. The van der Waals surface area contributed by atoms with Gasteiger partial charge in [-0.1, -0.05) is 24.3 Å². The highest BCUT2D eigenvalue weighted by molar-refractivity contribution is 5.93. The second-order valence-electron chi connectivity index (χ2n) is 11.6. The molecule has 0 saturated heterocycles. The lowest BCUT2D eigenvalue weighted by Gasteiger charge is -2.38. The summed E-state index contributed by atoms with van der Waals surface area (Å²) in [6, 6.07) is 19.4. The maximum absolute atomic E-state index is 12.5. The molecule has 1 aliphatic heterocycles. The Hall–Kier alpha value is -4.20. The van der Waals surface area contributed by atoms with Crippen LogP contribution in [0, 0.1) is 0 Å². The molecule has 39 heavy (non-hydrogen) atoms. The van der Waals surface area contributed by atoms with Crippen LogP contribution in [0.5, 0.6) is 5.75 Å². The largest absolute Gasteiger partial charge is 0.497 e. The van der Waals surface area contributed by atoms with Gasteiger partial charge in [-0.2, -0.15) is 0 Å². The van der Waals surface area contributed by atoms with Gasteiger partial charge >= 0.3 is 12.2 Å². The molecule has 4 rings (SSSR count). The van der Waals surface area contributed by atoms with E-state index in [9.17, 15) is 9.59 Å². The lowest BCUT2D eigenvalue weighted by atomic mass is 9.84. The predicted octanol–water partition coefficient (Wildman–Crippen LogP) is 7.60. The molecular formula is C31H37N3O5. The van der Waals surface area contributed by atoms with Crippen LogP contribution in [0.25, 0.3) is 11.1 Å². The van der Waals surface area contributed by atoms with E-state index in [4.69, 9.17) is 14.2 Å². The Morgan fingerprint density at radius 3 is 1.77 bits per heavy atom. The molecule has 0 fully saturated rings. The third-order valence-electron chi connectivity index (χ3n) is 6.12. The molecule has 3 aromatic carbocycles. The quantitative estimate of drug-likeness (QED) is 0.360. The molecule has 206 valence electrons. The van der Waals surface area contributed by atoms with Crippen molar-refractivity contribution in [1.82, 2.24) is 0 Å². The molecule has 1 aliphatic rings. The van der Waals surface area contributed by atoms with Gasteiger partial charge in [0.05, 0.1) is 13.2 Å². The van der Waals surface area contributed by atoms with Gasteiger partial charge in [-0.25, -0.2) is 9.59 Å². The van der Waals surface area contributed by atoms with Crippen molar-refractivity contribution in [2.24, 2.45) is 0 Å². The summed E-state index contributed by atoms with van der Waals surface area (Å²) < 4.78 is 16.3. The molecule has 3 aromatic rings. The number of methoxy groups -OCH3 is 1. The molecular weight excluding hydrogens is 494 g/mol. The smallest absolute Gasteiger partial charge is 0.412 e. The fourth-order valence-corrected chi connectivity index (χ4v) is 4.62. The van der Waals surface area contributed by atoms with Crippen molar-refractivity contribution in [1.29, 1.82) is 0 Å². The maximum Gasteiger partial charge on any atom is 0.412 e. The van der Waals surface area contributed by atoms with Crippen molar-refractivity contribution < 1.29 is 23.8 Å². The van der Waals surface area contributed by atoms with Gasteiger partial charge in [0.2, 0.25) is 0 Å². The fourth-order valence-electron chi connectivity index (χ4n) is 4.62. The Bertz CT molecular complexity index is 1370. The van der Waals surface area contributed by atoms with E-state index in [0.29, 0.717) is 11.4 Å². The van der Waals surface area contributed by atoms with Gasteiger partial charge in [0.15, 0.2) is 0 Å². The Morgan fingerprint density at radius 1 is 0.744 bits per heavy atom. The average molecular weight is 532 g/mol. The first-order chi connectivity index (χ1) is 18.2. The van der Waals surface area contributed by atoms with Crippen LogP contribution in [0.4, 0.5) is 26.7 Å². The highest BCUT2D eigenvalue weighted by Gasteiger charge is 2.31. The summed E-state index contributed by atoms with van der Waals surface area (Å²) in [4.78, 5) is 27.1. The Kier molecular flexibility index (Phi) is 7.50. The molecule has 0 saturated carbocycles. The number of nitrogens with one attached hydrogen (secondary N) is 2. The number of rotatable bonds is 4. The van der Waals surface area contributed by atoms with Crippen molar-refractivity contribution >= 4 is 29.2 Å². The Balaban J connectivity index is 1.76. The zero-order valence-electron chi connectivity index (χ0n) is 23.8. The van der Waals surface area contributed by atoms with E-state index in [2.05, 4.69) is 15.5 Å². The van der Waals surface area contributed by atoms with E-state index in [0.717, 1.165) is 33.7 Å². The summed E-state index contributed by atoms with van der Waals surface area (Å²) in [5.74, 6) is 0.766. The van der Waals surface area contributed by atoms with Gasteiger partial charge in [0, 0.05) is 29.7 Å². The first kappa shape index (κ1) is 27.8. The number of hydrogen-bond acceptors (Lipinski definition) is 6. The van der Waals surface area contributed by atoms with Crippen molar-refractivity contribution in [3.05, 3.63) is 71.8 Å². The van der Waals surface area contributed by atoms with Crippen LogP contribution < -0.4 is 20.3 Å². The standard InChI is InChI=1S/C31H37N3O5/c1-30(2,3)38-28(35)32-20-11-15-23-24-16-12-21(33-29(36)39-31(4,5)6)18-26(24)34(7)27(25(23)17-20)19-9-13-22(37-8)14-10-19/h9-18,27H,1-8H3,(H,32,35)(H,33,36). The molecule has 0 aliphatic carbocycles. The first-order valence-electron chi connectivity index (χ1n) is 12.9. The Labute approximate surface area is 230 Å². The van der Waals surface area contributed by atoms with E-state index in [1.54, 1.807) is 7.11 Å². The van der Waals surface area contributed by atoms with Crippen LogP contribution in [0.3, 0.4) is 0 Å². The molecule has 0 radical (unpaired) electrons. The number of carbonyl (C=O) groups is 2. The monoisotopic (exact) mass is 531 g/mol. The number of anilines is 3. The topological polar surface area (TPSA) is 89.1 Å². The lowest BCUT2D eigenvalue weighted by Crippen LogP contribution is -2.30. The van der Waals surface area contributed by atoms with Gasteiger partial charge in [-0.3, -0.25) is 10.6 Å². The molecule has 1 atom stereocenters. The molecule has 0 spiro atoms. The minimum atomic E-state index is -0.603. The summed E-state index contributed by atoms with van der Waals surface area (Å²) >= 11 is 0. The van der Waals surface area contributed by atoms with Gasteiger partial charge in [0.1, 0.15) is 17.0 Å². The summed E-state index contributed by atoms with van der Waals surface area (Å²) in [5.41, 5.74) is 5.13. The molecule has 2 N–H and O–H groups in total. The number of benzene rings is 3. The molecule has 8 heteroatoms. The second-order valence-corrected chi connectivity index (χ2v) is 11.6. The molecule has 1 heterocycles. The highest BCUT2D eigenvalue weighted by Crippen LogP contribution is 2.48.